The standard InChI is InChI=1S/C25H32N6O/c1-18-11-20(30-16-25(4,17-30)27-13-19-7-5-6-10-26-19)8-9-22(18)23-15-31(29-28-23)14-21-12-24(2,3)32-21/h5-11,15,21,27H,12-14,16-17H2,1-4H3. The molecule has 2 aromatic heterocycles. The van der Waals surface area contributed by atoms with Gasteiger partial charge < -0.3 is 15.0 Å². The Hall–Kier alpha value is -2.77. The smallest absolute Gasteiger partial charge is 0.113 e. The number of aryl methyl sites for hydroxylation is 1. The minimum Gasteiger partial charge on any atom is -0.370 e. The summed E-state index contributed by atoms with van der Waals surface area (Å²) in [6.45, 7) is 12.2. The van der Waals surface area contributed by atoms with Crippen molar-refractivity contribution in [2.75, 3.05) is 18.0 Å². The van der Waals surface area contributed by atoms with Crippen LogP contribution in [0, 0.1) is 6.92 Å². The number of hydrogen-bond donors (Lipinski definition) is 1. The summed E-state index contributed by atoms with van der Waals surface area (Å²) in [4.78, 5) is 6.81. The first-order chi connectivity index (χ1) is 15.3. The number of pyridine rings is 1. The Morgan fingerprint density at radius 2 is 1.97 bits per heavy atom. The maximum absolute atomic E-state index is 5.89. The van der Waals surface area contributed by atoms with Crippen LogP contribution in [0.3, 0.4) is 0 Å². The number of nitrogens with one attached hydrogen (secondary N) is 1. The molecule has 0 aliphatic carbocycles. The van der Waals surface area contributed by atoms with Gasteiger partial charge >= 0.3 is 0 Å². The van der Waals surface area contributed by atoms with Crippen LogP contribution in [-0.2, 0) is 17.8 Å². The van der Waals surface area contributed by atoms with Crippen molar-refractivity contribution >= 4 is 5.69 Å². The second-order valence-electron chi connectivity index (χ2n) is 10.1. The Bertz CT molecular complexity index is 1080. The van der Waals surface area contributed by atoms with E-state index >= 15 is 0 Å². The molecule has 0 bridgehead atoms. The molecule has 2 aliphatic rings. The summed E-state index contributed by atoms with van der Waals surface area (Å²) in [7, 11) is 0. The van der Waals surface area contributed by atoms with Gasteiger partial charge in [-0.3, -0.25) is 4.98 Å². The molecule has 1 atom stereocenters. The maximum atomic E-state index is 5.89. The molecule has 0 amide bonds. The predicted octanol–water partition coefficient (Wildman–Crippen LogP) is 3.58. The van der Waals surface area contributed by atoms with Crippen LogP contribution < -0.4 is 10.2 Å². The third-order valence-electron chi connectivity index (χ3n) is 6.49. The van der Waals surface area contributed by atoms with Gasteiger partial charge in [0.25, 0.3) is 0 Å². The van der Waals surface area contributed by atoms with E-state index in [2.05, 4.69) is 77.5 Å². The van der Waals surface area contributed by atoms with E-state index in [9.17, 15) is 0 Å². The molecule has 4 heterocycles. The van der Waals surface area contributed by atoms with Gasteiger partial charge in [0.15, 0.2) is 0 Å². The lowest BCUT2D eigenvalue weighted by Gasteiger charge is -2.50. The zero-order chi connectivity index (χ0) is 22.3. The van der Waals surface area contributed by atoms with Crippen molar-refractivity contribution in [2.45, 2.75) is 64.4 Å². The molecule has 1 aromatic carbocycles. The molecule has 5 rings (SSSR count). The Morgan fingerprint density at radius 1 is 1.16 bits per heavy atom. The lowest BCUT2D eigenvalue weighted by atomic mass is 9.90. The number of benzene rings is 1. The van der Waals surface area contributed by atoms with Gasteiger partial charge in [-0.05, 0) is 57.5 Å². The van der Waals surface area contributed by atoms with E-state index < -0.39 is 0 Å². The van der Waals surface area contributed by atoms with E-state index in [0.717, 1.165) is 49.6 Å². The molecular formula is C25H32N6O. The molecule has 0 radical (unpaired) electrons. The summed E-state index contributed by atoms with van der Waals surface area (Å²) in [6.07, 6.45) is 5.16. The van der Waals surface area contributed by atoms with Gasteiger partial charge in [0.05, 0.1) is 35.7 Å². The monoisotopic (exact) mass is 432 g/mol. The highest BCUT2D eigenvalue weighted by molar-refractivity contribution is 5.67. The lowest BCUT2D eigenvalue weighted by molar-refractivity contribution is -0.189. The summed E-state index contributed by atoms with van der Waals surface area (Å²) in [5, 5.41) is 12.4. The number of anilines is 1. The van der Waals surface area contributed by atoms with Crippen LogP contribution in [0.25, 0.3) is 11.3 Å². The molecule has 2 saturated heterocycles. The quantitative estimate of drug-likeness (QED) is 0.616. The molecule has 1 unspecified atom stereocenters. The summed E-state index contributed by atoms with van der Waals surface area (Å²) in [5.74, 6) is 0. The number of ether oxygens (including phenoxy) is 1. The predicted molar refractivity (Wildman–Crippen MR) is 125 cm³/mol. The summed E-state index contributed by atoms with van der Waals surface area (Å²) < 4.78 is 7.79. The molecule has 0 saturated carbocycles. The fraction of sp³-hybridized carbons (Fsp3) is 0.480. The highest BCUT2D eigenvalue weighted by Gasteiger charge is 2.39. The highest BCUT2D eigenvalue weighted by atomic mass is 16.5. The van der Waals surface area contributed by atoms with Gasteiger partial charge in [-0.15, -0.1) is 5.10 Å². The molecule has 2 aliphatic heterocycles. The van der Waals surface area contributed by atoms with Crippen molar-refractivity contribution < 1.29 is 4.74 Å². The van der Waals surface area contributed by atoms with Gasteiger partial charge in [0.1, 0.15) is 5.69 Å². The first-order valence-corrected chi connectivity index (χ1v) is 11.4. The SMILES string of the molecule is Cc1cc(N2CC(C)(NCc3ccccn3)C2)ccc1-c1cn(CC2CC(C)(C)O2)nn1. The zero-order valence-electron chi connectivity index (χ0n) is 19.4. The van der Waals surface area contributed by atoms with E-state index in [1.807, 2.05) is 29.2 Å². The zero-order valence-corrected chi connectivity index (χ0v) is 19.4. The fourth-order valence-electron chi connectivity index (χ4n) is 4.84. The minimum atomic E-state index is 0.00138. The molecular weight excluding hydrogens is 400 g/mol. The van der Waals surface area contributed by atoms with Gasteiger partial charge in [-0.25, -0.2) is 4.68 Å². The summed E-state index contributed by atoms with van der Waals surface area (Å²) in [6, 6.07) is 12.7. The van der Waals surface area contributed by atoms with Gasteiger partial charge in [0, 0.05) is 43.5 Å². The Labute approximate surface area is 189 Å². The number of hydrogen-bond acceptors (Lipinski definition) is 6. The second kappa shape index (κ2) is 7.98. The normalized spacial score (nSPS) is 21.1. The van der Waals surface area contributed by atoms with Crippen LogP contribution in [-0.4, -0.2) is 50.3 Å². The van der Waals surface area contributed by atoms with Gasteiger partial charge in [-0.1, -0.05) is 17.3 Å². The highest BCUT2D eigenvalue weighted by Crippen LogP contribution is 2.33. The molecule has 32 heavy (non-hydrogen) atoms. The molecule has 2 fully saturated rings. The van der Waals surface area contributed by atoms with Crippen LogP contribution in [0.4, 0.5) is 5.69 Å². The van der Waals surface area contributed by atoms with Crippen LogP contribution in [0.1, 0.15) is 38.4 Å². The summed E-state index contributed by atoms with van der Waals surface area (Å²) >= 11 is 0. The van der Waals surface area contributed by atoms with Gasteiger partial charge in [-0.2, -0.15) is 0 Å². The van der Waals surface area contributed by atoms with E-state index in [-0.39, 0.29) is 17.2 Å². The molecule has 0 spiro atoms. The van der Waals surface area contributed by atoms with Crippen molar-refractivity contribution in [3.63, 3.8) is 0 Å². The largest absolute Gasteiger partial charge is 0.370 e. The second-order valence-corrected chi connectivity index (χ2v) is 10.1. The fourth-order valence-corrected chi connectivity index (χ4v) is 4.84. The van der Waals surface area contributed by atoms with Crippen LogP contribution in [0.2, 0.25) is 0 Å². The van der Waals surface area contributed by atoms with Crippen LogP contribution in [0.5, 0.6) is 0 Å². The van der Waals surface area contributed by atoms with Crippen molar-refractivity contribution in [3.05, 3.63) is 60.0 Å². The Morgan fingerprint density at radius 3 is 2.66 bits per heavy atom. The molecule has 3 aromatic rings. The first-order valence-electron chi connectivity index (χ1n) is 11.4. The third kappa shape index (κ3) is 4.40. The van der Waals surface area contributed by atoms with Crippen molar-refractivity contribution in [2.24, 2.45) is 0 Å². The van der Waals surface area contributed by atoms with E-state index in [1.54, 1.807) is 0 Å². The topological polar surface area (TPSA) is 68.1 Å². The summed E-state index contributed by atoms with van der Waals surface area (Å²) in [5.41, 5.74) is 5.69. The van der Waals surface area contributed by atoms with Crippen LogP contribution >= 0.6 is 0 Å². The van der Waals surface area contributed by atoms with Gasteiger partial charge in [0.2, 0.25) is 0 Å². The third-order valence-corrected chi connectivity index (χ3v) is 6.49. The average molecular weight is 433 g/mol. The number of rotatable bonds is 7. The van der Waals surface area contributed by atoms with Crippen molar-refractivity contribution in [3.8, 4) is 11.3 Å². The molecule has 7 heteroatoms. The van der Waals surface area contributed by atoms with E-state index in [4.69, 9.17) is 4.74 Å². The van der Waals surface area contributed by atoms with E-state index in [1.165, 1.54) is 11.3 Å². The Balaban J connectivity index is 1.18. The van der Waals surface area contributed by atoms with Crippen LogP contribution in [0.15, 0.2) is 48.8 Å². The number of aromatic nitrogens is 4. The lowest BCUT2D eigenvalue weighted by Crippen LogP contribution is -2.67. The first kappa shape index (κ1) is 21.1. The van der Waals surface area contributed by atoms with Crippen molar-refractivity contribution in [1.82, 2.24) is 25.3 Å². The molecule has 7 nitrogen and oxygen atoms in total. The number of nitrogens with zero attached hydrogens (tertiary/aromatic N) is 5. The van der Waals surface area contributed by atoms with Crippen molar-refractivity contribution in [1.29, 1.82) is 0 Å². The van der Waals surface area contributed by atoms with E-state index in [0.29, 0.717) is 0 Å². The molecule has 1 N–H and O–H groups in total. The average Bonchev–Trinajstić information content (AvgIpc) is 3.18. The minimum absolute atomic E-state index is 0.00138. The molecule has 168 valence electrons. The Kier molecular flexibility index (Phi) is 5.26. The maximum Gasteiger partial charge on any atom is 0.113 e.